The third-order valence-electron chi connectivity index (χ3n) is 3.85. The molecule has 0 atom stereocenters. The van der Waals surface area contributed by atoms with Crippen LogP contribution >= 0.6 is 0 Å². The monoisotopic (exact) mass is 501 g/mol. The Balaban J connectivity index is 1.91. The van der Waals surface area contributed by atoms with Crippen molar-refractivity contribution >= 4 is 44.0 Å². The highest BCUT2D eigenvalue weighted by molar-refractivity contribution is 7.86. The summed E-state index contributed by atoms with van der Waals surface area (Å²) in [6.45, 7) is 0. The topological polar surface area (TPSA) is 211 Å². The zero-order valence-corrected chi connectivity index (χ0v) is 17.9. The van der Waals surface area contributed by atoms with Gasteiger partial charge in [0.1, 0.15) is 0 Å². The Bertz CT molecular complexity index is 1300. The maximum Gasteiger partial charge on any atom is 0.345 e. The number of benzene rings is 2. The molecule has 15 heteroatoms. The summed E-state index contributed by atoms with van der Waals surface area (Å²) in [7, 11) is -8.93. The fraction of sp³-hybridized carbons (Fsp3) is 0.111. The molecule has 0 spiro atoms. The Hall–Kier alpha value is -3.66. The molecule has 2 aromatic carbocycles. The van der Waals surface area contributed by atoms with E-state index < -0.39 is 66.7 Å². The highest BCUT2D eigenvalue weighted by Gasteiger charge is 2.19. The van der Waals surface area contributed by atoms with Gasteiger partial charge in [-0.15, -0.1) is 0 Å². The van der Waals surface area contributed by atoms with Gasteiger partial charge >= 0.3 is 17.9 Å². The Morgan fingerprint density at radius 1 is 0.697 bits per heavy atom. The van der Waals surface area contributed by atoms with Crippen molar-refractivity contribution in [1.29, 1.82) is 0 Å². The van der Waals surface area contributed by atoms with Gasteiger partial charge in [-0.25, -0.2) is 9.59 Å². The van der Waals surface area contributed by atoms with Crippen LogP contribution in [0.25, 0.3) is 0 Å². The van der Waals surface area contributed by atoms with Gasteiger partial charge in [-0.3, -0.25) is 13.9 Å². The largest absolute Gasteiger partial charge is 0.408 e. The first-order valence-corrected chi connectivity index (χ1v) is 11.5. The summed E-state index contributed by atoms with van der Waals surface area (Å²) in [5.74, 6) is -3.89. The van der Waals surface area contributed by atoms with E-state index in [1.54, 1.807) is 0 Å². The second kappa shape index (κ2) is 10.3. The summed E-state index contributed by atoms with van der Waals surface area (Å²) in [6, 6.07) is 7.80. The van der Waals surface area contributed by atoms with Gasteiger partial charge in [-0.2, -0.15) is 16.8 Å². The van der Waals surface area contributed by atoms with Crippen LogP contribution in [0.15, 0.2) is 63.5 Å². The highest BCUT2D eigenvalue weighted by Crippen LogP contribution is 2.13. The second-order valence-electron chi connectivity index (χ2n) is 6.14. The molecular formula is C18H15NO12S2. The van der Waals surface area contributed by atoms with E-state index in [0.717, 1.165) is 48.5 Å². The number of ether oxygens (including phenoxy) is 2. The molecule has 0 aromatic heterocycles. The molecule has 176 valence electrons. The lowest BCUT2D eigenvalue weighted by atomic mass is 10.2. The highest BCUT2D eigenvalue weighted by atomic mass is 32.2. The van der Waals surface area contributed by atoms with Crippen LogP contribution in [0.1, 0.15) is 33.6 Å². The molecule has 0 unspecified atom stereocenters. The van der Waals surface area contributed by atoms with Crippen molar-refractivity contribution in [2.24, 2.45) is 5.16 Å². The average molecular weight is 501 g/mol. The Kier molecular flexibility index (Phi) is 7.99. The summed E-state index contributed by atoms with van der Waals surface area (Å²) in [5, 5.41) is 11.7. The standard InChI is InChI=1S/C18H15NO12S2/c20-16(31-18(22)12-3-7-14(8-4-12)33(27,28)29)10-9-15(19-23)30-17(21)11-1-5-13(6-2-11)32(24,25)26/h1-8,23H,9-10H2,(H,24,25,26)(H,27,28,29)/b19-15-. The SMILES string of the molecule is O=C(CC/C(=N/O)OC(=O)c1ccc(S(=O)(=O)O)cc1)OC(=O)c1ccc(S(=O)(=O)O)cc1. The number of carbonyl (C=O) groups is 3. The Labute approximate surface area is 186 Å². The number of hydrogen-bond acceptors (Lipinski definition) is 11. The van der Waals surface area contributed by atoms with Gasteiger partial charge in [0.25, 0.3) is 20.2 Å². The smallest absolute Gasteiger partial charge is 0.345 e. The molecule has 2 aromatic rings. The first-order valence-electron chi connectivity index (χ1n) is 8.64. The van der Waals surface area contributed by atoms with Gasteiger partial charge in [0.2, 0.25) is 5.90 Å². The Morgan fingerprint density at radius 2 is 1.09 bits per heavy atom. The van der Waals surface area contributed by atoms with Gasteiger partial charge in [-0.05, 0) is 48.5 Å². The van der Waals surface area contributed by atoms with Crippen molar-refractivity contribution in [2.45, 2.75) is 22.6 Å². The van der Waals surface area contributed by atoms with E-state index in [2.05, 4.69) is 9.89 Å². The molecule has 0 aliphatic heterocycles. The molecule has 0 fully saturated rings. The number of carbonyl (C=O) groups excluding carboxylic acids is 3. The summed E-state index contributed by atoms with van der Waals surface area (Å²) >= 11 is 0. The van der Waals surface area contributed by atoms with Crippen molar-refractivity contribution in [1.82, 2.24) is 0 Å². The summed E-state index contributed by atoms with van der Waals surface area (Å²) < 4.78 is 71.0. The number of esters is 3. The molecular weight excluding hydrogens is 486 g/mol. The van der Waals surface area contributed by atoms with Crippen molar-refractivity contribution < 1.29 is 55.0 Å². The van der Waals surface area contributed by atoms with Crippen LogP contribution < -0.4 is 0 Å². The molecule has 0 aliphatic carbocycles. The van der Waals surface area contributed by atoms with E-state index >= 15 is 0 Å². The number of hydrogen-bond donors (Lipinski definition) is 3. The van der Waals surface area contributed by atoms with Gasteiger partial charge in [0.05, 0.1) is 27.3 Å². The minimum absolute atomic E-state index is 0.158. The van der Waals surface area contributed by atoms with Crippen LogP contribution in [0, 0.1) is 0 Å². The first kappa shape index (κ1) is 25.6. The van der Waals surface area contributed by atoms with Gasteiger partial charge < -0.3 is 14.7 Å². The molecule has 3 N–H and O–H groups in total. The third kappa shape index (κ3) is 7.46. The lowest BCUT2D eigenvalue weighted by molar-refractivity contribution is -0.137. The second-order valence-corrected chi connectivity index (χ2v) is 8.99. The van der Waals surface area contributed by atoms with Crippen molar-refractivity contribution in [2.75, 3.05) is 0 Å². The Morgan fingerprint density at radius 3 is 1.45 bits per heavy atom. The van der Waals surface area contributed by atoms with Crippen molar-refractivity contribution in [3.8, 4) is 0 Å². The summed E-state index contributed by atoms with van der Waals surface area (Å²) in [5.41, 5.74) is -0.346. The van der Waals surface area contributed by atoms with Crippen LogP contribution in [0.4, 0.5) is 0 Å². The van der Waals surface area contributed by atoms with Crippen LogP contribution in [0.2, 0.25) is 0 Å². The molecule has 0 amide bonds. The zero-order chi connectivity index (χ0) is 24.8. The van der Waals surface area contributed by atoms with E-state index in [4.69, 9.17) is 19.0 Å². The number of nitrogens with zero attached hydrogens (tertiary/aromatic N) is 1. The quantitative estimate of drug-likeness (QED) is 0.0931. The lowest BCUT2D eigenvalue weighted by Crippen LogP contribution is -2.17. The fourth-order valence-electron chi connectivity index (χ4n) is 2.24. The predicted molar refractivity (Wildman–Crippen MR) is 107 cm³/mol. The molecule has 0 heterocycles. The lowest BCUT2D eigenvalue weighted by Gasteiger charge is -2.07. The summed E-state index contributed by atoms with van der Waals surface area (Å²) in [6.07, 6.45) is -1.01. The average Bonchev–Trinajstić information content (AvgIpc) is 2.75. The van der Waals surface area contributed by atoms with E-state index in [9.17, 15) is 31.2 Å². The molecule has 0 bridgehead atoms. The van der Waals surface area contributed by atoms with Crippen LogP contribution in [0.3, 0.4) is 0 Å². The van der Waals surface area contributed by atoms with E-state index in [0.29, 0.717) is 0 Å². The molecule has 0 saturated carbocycles. The molecule has 13 nitrogen and oxygen atoms in total. The third-order valence-corrected chi connectivity index (χ3v) is 5.58. The normalized spacial score (nSPS) is 12.1. The van der Waals surface area contributed by atoms with Crippen molar-refractivity contribution in [3.63, 3.8) is 0 Å². The van der Waals surface area contributed by atoms with E-state index in [1.807, 2.05) is 0 Å². The fourth-order valence-corrected chi connectivity index (χ4v) is 3.20. The minimum atomic E-state index is -4.46. The first-order chi connectivity index (χ1) is 15.3. The van der Waals surface area contributed by atoms with E-state index in [1.165, 1.54) is 0 Å². The summed E-state index contributed by atoms with van der Waals surface area (Å²) in [4.78, 5) is 34.8. The van der Waals surface area contributed by atoms with Gasteiger partial charge in [0.15, 0.2) is 0 Å². The number of oxime groups is 1. The van der Waals surface area contributed by atoms with E-state index in [-0.39, 0.29) is 11.1 Å². The molecule has 2 rings (SSSR count). The molecule has 0 saturated heterocycles. The molecule has 0 radical (unpaired) electrons. The minimum Gasteiger partial charge on any atom is -0.408 e. The molecule has 0 aliphatic rings. The van der Waals surface area contributed by atoms with Crippen LogP contribution in [-0.4, -0.2) is 55.0 Å². The maximum absolute atomic E-state index is 12.0. The number of rotatable bonds is 7. The van der Waals surface area contributed by atoms with Crippen LogP contribution in [0.5, 0.6) is 0 Å². The van der Waals surface area contributed by atoms with Gasteiger partial charge in [-0.1, -0.05) is 5.16 Å². The van der Waals surface area contributed by atoms with Crippen LogP contribution in [-0.2, 0) is 34.5 Å². The predicted octanol–water partition coefficient (Wildman–Crippen LogP) is 1.29. The maximum atomic E-state index is 12.0. The zero-order valence-electron chi connectivity index (χ0n) is 16.3. The molecule has 33 heavy (non-hydrogen) atoms. The van der Waals surface area contributed by atoms with Gasteiger partial charge in [0, 0.05) is 6.42 Å². The van der Waals surface area contributed by atoms with Crippen molar-refractivity contribution in [3.05, 3.63) is 59.7 Å².